The molecule has 4 rings (SSSR count). The lowest BCUT2D eigenvalue weighted by atomic mass is 10.1. The number of hydrogen-bond acceptors (Lipinski definition) is 4. The van der Waals surface area contributed by atoms with Gasteiger partial charge in [-0.05, 0) is 44.0 Å². The van der Waals surface area contributed by atoms with E-state index in [4.69, 9.17) is 0 Å². The third-order valence-electron chi connectivity index (χ3n) is 5.03. The molecule has 2 bridgehead atoms. The molecule has 1 aromatic heterocycles. The van der Waals surface area contributed by atoms with Crippen molar-refractivity contribution < 1.29 is 4.79 Å². The van der Waals surface area contributed by atoms with Crippen molar-refractivity contribution >= 4 is 32.7 Å². The number of aromatic nitrogens is 2. The van der Waals surface area contributed by atoms with Crippen LogP contribution in [0, 0.1) is 0 Å². The minimum absolute atomic E-state index is 0.0180. The van der Waals surface area contributed by atoms with Crippen molar-refractivity contribution in [2.45, 2.75) is 37.9 Å². The summed E-state index contributed by atoms with van der Waals surface area (Å²) >= 11 is 3.38. The molecule has 2 saturated heterocycles. The Bertz CT molecular complexity index is 836. The standard InChI is InChI=1S/C17H19BrN4O2/c18-11-1-4-15-14(7-11)17(24)21(10-20-15)9-16(23)22-12-2-3-13(22)8-19-6-5-12/h1,4,7,10,12-13,19H,2-3,5-6,8-9H2. The van der Waals surface area contributed by atoms with Gasteiger partial charge >= 0.3 is 0 Å². The molecule has 2 fully saturated rings. The van der Waals surface area contributed by atoms with E-state index in [9.17, 15) is 9.59 Å². The number of halogens is 1. The van der Waals surface area contributed by atoms with Gasteiger partial charge < -0.3 is 10.2 Å². The Labute approximate surface area is 148 Å². The molecule has 2 atom stereocenters. The monoisotopic (exact) mass is 390 g/mol. The summed E-state index contributed by atoms with van der Waals surface area (Å²) in [5, 5.41) is 3.92. The van der Waals surface area contributed by atoms with E-state index in [0.29, 0.717) is 16.9 Å². The summed E-state index contributed by atoms with van der Waals surface area (Å²) < 4.78 is 2.25. The van der Waals surface area contributed by atoms with Gasteiger partial charge in [0.25, 0.3) is 5.56 Å². The molecule has 0 radical (unpaired) electrons. The molecule has 24 heavy (non-hydrogen) atoms. The van der Waals surface area contributed by atoms with Gasteiger partial charge in [0.2, 0.25) is 5.91 Å². The van der Waals surface area contributed by atoms with Crippen LogP contribution in [0.1, 0.15) is 19.3 Å². The van der Waals surface area contributed by atoms with Crippen molar-refractivity contribution in [1.29, 1.82) is 0 Å². The average molecular weight is 391 g/mol. The van der Waals surface area contributed by atoms with Crippen LogP contribution in [0.15, 0.2) is 33.8 Å². The number of amides is 1. The number of hydrogen-bond donors (Lipinski definition) is 1. The molecule has 7 heteroatoms. The van der Waals surface area contributed by atoms with Crippen molar-refractivity contribution in [3.8, 4) is 0 Å². The molecule has 6 nitrogen and oxygen atoms in total. The van der Waals surface area contributed by atoms with E-state index in [0.717, 1.165) is 36.8 Å². The summed E-state index contributed by atoms with van der Waals surface area (Å²) in [6, 6.07) is 5.96. The van der Waals surface area contributed by atoms with Crippen LogP contribution in [0.25, 0.3) is 10.9 Å². The number of nitrogens with one attached hydrogen (secondary N) is 1. The van der Waals surface area contributed by atoms with Crippen LogP contribution in [0.4, 0.5) is 0 Å². The quantitative estimate of drug-likeness (QED) is 0.843. The van der Waals surface area contributed by atoms with Crippen molar-refractivity contribution in [2.75, 3.05) is 13.1 Å². The van der Waals surface area contributed by atoms with E-state index in [-0.39, 0.29) is 24.1 Å². The normalized spacial score (nSPS) is 23.5. The summed E-state index contributed by atoms with van der Waals surface area (Å²) in [6.45, 7) is 1.86. The Morgan fingerprint density at radius 2 is 2.12 bits per heavy atom. The Morgan fingerprint density at radius 3 is 3.00 bits per heavy atom. The molecule has 126 valence electrons. The van der Waals surface area contributed by atoms with E-state index in [1.165, 1.54) is 10.9 Å². The zero-order valence-electron chi connectivity index (χ0n) is 13.2. The zero-order valence-corrected chi connectivity index (χ0v) is 14.8. The van der Waals surface area contributed by atoms with Crippen LogP contribution in [-0.2, 0) is 11.3 Å². The van der Waals surface area contributed by atoms with Crippen molar-refractivity contribution in [3.63, 3.8) is 0 Å². The highest BCUT2D eigenvalue weighted by molar-refractivity contribution is 9.10. The van der Waals surface area contributed by atoms with Gasteiger partial charge in [-0.1, -0.05) is 15.9 Å². The molecule has 0 aliphatic carbocycles. The summed E-state index contributed by atoms with van der Waals surface area (Å²) in [4.78, 5) is 31.8. The van der Waals surface area contributed by atoms with E-state index in [2.05, 4.69) is 26.2 Å². The second kappa shape index (κ2) is 6.29. The van der Waals surface area contributed by atoms with Gasteiger partial charge in [0.05, 0.1) is 17.2 Å². The first-order valence-corrected chi connectivity index (χ1v) is 9.09. The molecule has 0 spiro atoms. The minimum atomic E-state index is -0.171. The molecule has 2 aliphatic heterocycles. The van der Waals surface area contributed by atoms with E-state index < -0.39 is 0 Å². The zero-order chi connectivity index (χ0) is 16.7. The lowest BCUT2D eigenvalue weighted by Crippen LogP contribution is -2.45. The topological polar surface area (TPSA) is 67.2 Å². The highest BCUT2D eigenvalue weighted by Crippen LogP contribution is 2.28. The van der Waals surface area contributed by atoms with Crippen LogP contribution >= 0.6 is 15.9 Å². The molecular formula is C17H19BrN4O2. The van der Waals surface area contributed by atoms with Gasteiger partial charge in [-0.2, -0.15) is 0 Å². The molecule has 1 N–H and O–H groups in total. The largest absolute Gasteiger partial charge is 0.334 e. The van der Waals surface area contributed by atoms with E-state index in [1.807, 2.05) is 11.0 Å². The number of fused-ring (bicyclic) bond motifs is 3. The van der Waals surface area contributed by atoms with Gasteiger partial charge in [0.15, 0.2) is 0 Å². The average Bonchev–Trinajstić information content (AvgIpc) is 2.83. The lowest BCUT2D eigenvalue weighted by molar-refractivity contribution is -0.134. The first-order chi connectivity index (χ1) is 11.6. The predicted molar refractivity (Wildman–Crippen MR) is 94.8 cm³/mol. The Kier molecular flexibility index (Phi) is 4.14. The van der Waals surface area contributed by atoms with Gasteiger partial charge in [0, 0.05) is 23.1 Å². The van der Waals surface area contributed by atoms with Crippen molar-refractivity contribution in [2.24, 2.45) is 0 Å². The number of benzene rings is 1. The lowest BCUT2D eigenvalue weighted by Gasteiger charge is -2.28. The fourth-order valence-corrected chi connectivity index (χ4v) is 4.22. The Morgan fingerprint density at radius 1 is 1.29 bits per heavy atom. The van der Waals surface area contributed by atoms with Gasteiger partial charge in [0.1, 0.15) is 6.54 Å². The van der Waals surface area contributed by atoms with Gasteiger partial charge in [-0.15, -0.1) is 0 Å². The van der Waals surface area contributed by atoms with Crippen LogP contribution in [0.3, 0.4) is 0 Å². The molecule has 2 aliphatic rings. The molecule has 2 aromatic rings. The molecule has 1 aromatic carbocycles. The van der Waals surface area contributed by atoms with Crippen molar-refractivity contribution in [3.05, 3.63) is 39.4 Å². The summed E-state index contributed by atoms with van der Waals surface area (Å²) in [5.74, 6) is 0.0180. The fraction of sp³-hybridized carbons (Fsp3) is 0.471. The summed E-state index contributed by atoms with van der Waals surface area (Å²) in [7, 11) is 0. The van der Waals surface area contributed by atoms with Crippen molar-refractivity contribution in [1.82, 2.24) is 19.8 Å². The highest BCUT2D eigenvalue weighted by Gasteiger charge is 2.37. The maximum Gasteiger partial charge on any atom is 0.261 e. The first-order valence-electron chi connectivity index (χ1n) is 8.30. The Hall–Kier alpha value is -1.73. The highest BCUT2D eigenvalue weighted by atomic mass is 79.9. The molecular weight excluding hydrogens is 372 g/mol. The smallest absolute Gasteiger partial charge is 0.261 e. The van der Waals surface area contributed by atoms with Gasteiger partial charge in [-0.25, -0.2) is 4.98 Å². The van der Waals surface area contributed by atoms with Gasteiger partial charge in [-0.3, -0.25) is 14.2 Å². The number of rotatable bonds is 2. The molecule has 0 saturated carbocycles. The maximum absolute atomic E-state index is 12.8. The summed E-state index contributed by atoms with van der Waals surface area (Å²) in [5.41, 5.74) is 0.473. The number of carbonyl (C=O) groups is 1. The number of nitrogens with zero attached hydrogens (tertiary/aromatic N) is 3. The maximum atomic E-state index is 12.8. The van der Waals surface area contributed by atoms with E-state index in [1.54, 1.807) is 12.1 Å². The first kappa shape index (κ1) is 15.8. The van der Waals surface area contributed by atoms with E-state index >= 15 is 0 Å². The third kappa shape index (κ3) is 2.75. The van der Waals surface area contributed by atoms with Crippen LogP contribution < -0.4 is 10.9 Å². The molecule has 3 heterocycles. The SMILES string of the molecule is O=C(Cn1cnc2ccc(Br)cc2c1=O)N1C2CCNCC1CC2. The van der Waals surface area contributed by atoms with Crippen LogP contribution in [0.5, 0.6) is 0 Å². The van der Waals surface area contributed by atoms with Crippen LogP contribution in [-0.4, -0.2) is 45.5 Å². The third-order valence-corrected chi connectivity index (χ3v) is 5.53. The minimum Gasteiger partial charge on any atom is -0.334 e. The summed E-state index contributed by atoms with van der Waals surface area (Å²) in [6.07, 6.45) is 4.58. The Balaban J connectivity index is 1.63. The van der Waals surface area contributed by atoms with Crippen LogP contribution in [0.2, 0.25) is 0 Å². The molecule has 1 amide bonds. The second-order valence-electron chi connectivity index (χ2n) is 6.52. The fourth-order valence-electron chi connectivity index (χ4n) is 3.86. The number of carbonyl (C=O) groups excluding carboxylic acids is 1. The predicted octanol–water partition coefficient (Wildman–Crippen LogP) is 1.51. The second-order valence-corrected chi connectivity index (χ2v) is 7.43. The molecule has 2 unspecified atom stereocenters.